The van der Waals surface area contributed by atoms with E-state index in [1.165, 1.54) is 0 Å². The Balaban J connectivity index is 2.53. The maximum Gasteiger partial charge on any atom is 0.130 e. The third-order valence-electron chi connectivity index (χ3n) is 2.08. The molecule has 0 spiro atoms. The summed E-state index contributed by atoms with van der Waals surface area (Å²) in [4.78, 5) is 0. The average molecular weight is 186 g/mol. The van der Waals surface area contributed by atoms with Gasteiger partial charge >= 0.3 is 0 Å². The van der Waals surface area contributed by atoms with Crippen LogP contribution in [-0.2, 0) is 0 Å². The maximum atomic E-state index is 13.3. The number of hydrogen-bond acceptors (Lipinski definition) is 1. The molecule has 64 valence electrons. The van der Waals surface area contributed by atoms with Crippen molar-refractivity contribution in [2.24, 2.45) is 0 Å². The van der Waals surface area contributed by atoms with Crippen LogP contribution >= 0.6 is 11.6 Å². The fraction of sp³-hybridized carbons (Fsp3) is 0.333. The number of halogens is 2. The van der Waals surface area contributed by atoms with Gasteiger partial charge in [-0.05, 0) is 12.1 Å². The van der Waals surface area contributed by atoms with E-state index in [0.29, 0.717) is 23.6 Å². The van der Waals surface area contributed by atoms with Crippen molar-refractivity contribution in [1.29, 1.82) is 0 Å². The minimum absolute atomic E-state index is 0.511. The van der Waals surface area contributed by atoms with Gasteiger partial charge in [-0.15, -0.1) is 0 Å². The Morgan fingerprint density at radius 3 is 3.08 bits per heavy atom. The summed E-state index contributed by atoms with van der Waals surface area (Å²) in [6, 6.07) is 5.40. The summed E-state index contributed by atoms with van der Waals surface area (Å²) in [6.45, 7) is 0.689. The van der Waals surface area contributed by atoms with Crippen molar-refractivity contribution >= 4 is 17.3 Å². The highest BCUT2D eigenvalue weighted by atomic mass is 35.5. The summed E-state index contributed by atoms with van der Waals surface area (Å²) in [7, 11) is 0. The van der Waals surface area contributed by atoms with Gasteiger partial charge in [-0.2, -0.15) is 0 Å². The molecule has 3 heteroatoms. The lowest BCUT2D eigenvalue weighted by Gasteiger charge is -2.21. The highest BCUT2D eigenvalue weighted by Crippen LogP contribution is 2.37. The molecule has 1 aliphatic rings. The van der Waals surface area contributed by atoms with E-state index in [1.807, 2.05) is 12.1 Å². The molecule has 1 atom stereocenters. The Morgan fingerprint density at radius 2 is 2.33 bits per heavy atom. The summed E-state index contributed by atoms with van der Waals surface area (Å²) in [5, 5.41) is 3.63. The van der Waals surface area contributed by atoms with Crippen LogP contribution in [0.15, 0.2) is 18.2 Å². The molecule has 2 rings (SSSR count). The molecule has 1 heterocycles. The minimum atomic E-state index is -0.907. The summed E-state index contributed by atoms with van der Waals surface area (Å²) in [5.74, 6) is 0. The van der Waals surface area contributed by atoms with Gasteiger partial charge in [0.15, 0.2) is 0 Å². The molecule has 1 aromatic carbocycles. The van der Waals surface area contributed by atoms with Crippen LogP contribution in [0.25, 0.3) is 0 Å². The second kappa shape index (κ2) is 2.94. The van der Waals surface area contributed by atoms with Crippen LogP contribution in [0.1, 0.15) is 18.2 Å². The van der Waals surface area contributed by atoms with Gasteiger partial charge in [-0.3, -0.25) is 0 Å². The van der Waals surface area contributed by atoms with E-state index >= 15 is 0 Å². The lowest BCUT2D eigenvalue weighted by Crippen LogP contribution is -2.14. The van der Waals surface area contributed by atoms with Gasteiger partial charge in [0.25, 0.3) is 0 Å². The zero-order valence-electron chi connectivity index (χ0n) is 6.48. The van der Waals surface area contributed by atoms with Gasteiger partial charge < -0.3 is 5.32 Å². The standard InChI is InChI=1S/C9H9ClFN/c10-6-2-1-3-8-9(6)7(11)4-5-12-8/h1-3,7,12H,4-5H2. The first-order valence-corrected chi connectivity index (χ1v) is 4.33. The van der Waals surface area contributed by atoms with Crippen molar-refractivity contribution in [3.05, 3.63) is 28.8 Å². The molecule has 0 saturated carbocycles. The smallest absolute Gasteiger partial charge is 0.130 e. The number of rotatable bonds is 0. The van der Waals surface area contributed by atoms with E-state index in [4.69, 9.17) is 11.6 Å². The zero-order chi connectivity index (χ0) is 8.55. The molecule has 0 bridgehead atoms. The summed E-state index contributed by atoms with van der Waals surface area (Å²) in [5.41, 5.74) is 1.45. The number of fused-ring (bicyclic) bond motifs is 1. The fourth-order valence-corrected chi connectivity index (χ4v) is 1.78. The molecule has 12 heavy (non-hydrogen) atoms. The SMILES string of the molecule is FC1CCNc2cccc(Cl)c21. The third-order valence-corrected chi connectivity index (χ3v) is 2.41. The quantitative estimate of drug-likeness (QED) is 0.655. The van der Waals surface area contributed by atoms with Crippen LogP contribution in [0.4, 0.5) is 10.1 Å². The van der Waals surface area contributed by atoms with Crippen molar-refractivity contribution in [3.63, 3.8) is 0 Å². The van der Waals surface area contributed by atoms with E-state index in [2.05, 4.69) is 5.32 Å². The normalized spacial score (nSPS) is 21.3. The molecule has 1 nitrogen and oxygen atoms in total. The summed E-state index contributed by atoms with van der Waals surface area (Å²) < 4.78 is 13.3. The van der Waals surface area contributed by atoms with Gasteiger partial charge in [0.05, 0.1) is 0 Å². The number of alkyl halides is 1. The van der Waals surface area contributed by atoms with Crippen molar-refractivity contribution in [2.45, 2.75) is 12.6 Å². The predicted molar refractivity (Wildman–Crippen MR) is 48.4 cm³/mol. The number of benzene rings is 1. The first-order valence-electron chi connectivity index (χ1n) is 3.95. The van der Waals surface area contributed by atoms with Crippen LogP contribution in [0.5, 0.6) is 0 Å². The third kappa shape index (κ3) is 1.16. The highest BCUT2D eigenvalue weighted by Gasteiger charge is 2.21. The second-order valence-corrected chi connectivity index (χ2v) is 3.29. The molecule has 1 unspecified atom stereocenters. The van der Waals surface area contributed by atoms with Crippen molar-refractivity contribution in [3.8, 4) is 0 Å². The van der Waals surface area contributed by atoms with Crippen molar-refractivity contribution in [2.75, 3.05) is 11.9 Å². The Hall–Kier alpha value is -0.760. The molecule has 1 aliphatic heterocycles. The molecule has 1 aromatic rings. The van der Waals surface area contributed by atoms with E-state index < -0.39 is 6.17 Å². The molecule has 0 aromatic heterocycles. The van der Waals surface area contributed by atoms with Gasteiger partial charge in [0.2, 0.25) is 0 Å². The van der Waals surface area contributed by atoms with E-state index in [0.717, 1.165) is 5.69 Å². The summed E-state index contributed by atoms with van der Waals surface area (Å²) >= 11 is 5.86. The molecule has 0 aliphatic carbocycles. The van der Waals surface area contributed by atoms with Gasteiger partial charge in [-0.25, -0.2) is 4.39 Å². The summed E-state index contributed by atoms with van der Waals surface area (Å²) in [6.07, 6.45) is -0.397. The number of anilines is 1. The van der Waals surface area contributed by atoms with Crippen LogP contribution < -0.4 is 5.32 Å². The molecule has 0 saturated heterocycles. The molecular weight excluding hydrogens is 177 g/mol. The average Bonchev–Trinajstić information content (AvgIpc) is 2.04. The Morgan fingerprint density at radius 1 is 1.50 bits per heavy atom. The minimum Gasteiger partial charge on any atom is -0.385 e. The molecule has 1 N–H and O–H groups in total. The zero-order valence-corrected chi connectivity index (χ0v) is 7.24. The Bertz CT molecular complexity index is 301. The molecule has 0 amide bonds. The lowest BCUT2D eigenvalue weighted by molar-refractivity contribution is 0.325. The van der Waals surface area contributed by atoms with E-state index in [1.54, 1.807) is 6.07 Å². The Kier molecular flexibility index (Phi) is 1.93. The maximum absolute atomic E-state index is 13.3. The van der Waals surface area contributed by atoms with Crippen molar-refractivity contribution < 1.29 is 4.39 Å². The first-order chi connectivity index (χ1) is 5.79. The molecule has 0 fully saturated rings. The number of hydrogen-bond donors (Lipinski definition) is 1. The Labute approximate surface area is 75.5 Å². The first kappa shape index (κ1) is 7.87. The van der Waals surface area contributed by atoms with E-state index in [-0.39, 0.29) is 0 Å². The van der Waals surface area contributed by atoms with Gasteiger partial charge in [0.1, 0.15) is 6.17 Å². The predicted octanol–water partition coefficient (Wildman–Crippen LogP) is 3.17. The van der Waals surface area contributed by atoms with Gasteiger partial charge in [-0.1, -0.05) is 17.7 Å². The highest BCUT2D eigenvalue weighted by molar-refractivity contribution is 6.31. The number of nitrogens with one attached hydrogen (secondary N) is 1. The topological polar surface area (TPSA) is 12.0 Å². The largest absolute Gasteiger partial charge is 0.385 e. The lowest BCUT2D eigenvalue weighted by atomic mass is 10.0. The molecule has 0 radical (unpaired) electrons. The van der Waals surface area contributed by atoms with Crippen molar-refractivity contribution in [1.82, 2.24) is 0 Å². The van der Waals surface area contributed by atoms with Crippen LogP contribution in [0, 0.1) is 0 Å². The van der Waals surface area contributed by atoms with Crippen LogP contribution in [0.2, 0.25) is 5.02 Å². The molecular formula is C9H9ClFN. The van der Waals surface area contributed by atoms with E-state index in [9.17, 15) is 4.39 Å². The van der Waals surface area contributed by atoms with Gasteiger partial charge in [0, 0.05) is 29.2 Å². The van der Waals surface area contributed by atoms with Crippen LogP contribution in [0.3, 0.4) is 0 Å². The van der Waals surface area contributed by atoms with Crippen LogP contribution in [-0.4, -0.2) is 6.54 Å². The fourth-order valence-electron chi connectivity index (χ4n) is 1.49. The monoisotopic (exact) mass is 185 g/mol. The second-order valence-electron chi connectivity index (χ2n) is 2.88.